The summed E-state index contributed by atoms with van der Waals surface area (Å²) in [6.07, 6.45) is 2.48. The first-order valence-electron chi connectivity index (χ1n) is 9.04. The van der Waals surface area contributed by atoms with Crippen molar-refractivity contribution in [1.29, 1.82) is 0 Å². The van der Waals surface area contributed by atoms with E-state index < -0.39 is 0 Å². The van der Waals surface area contributed by atoms with Gasteiger partial charge >= 0.3 is 0 Å². The molecule has 0 radical (unpaired) electrons. The molecule has 1 saturated heterocycles. The van der Waals surface area contributed by atoms with Crippen LogP contribution in [0.3, 0.4) is 0 Å². The Kier molecular flexibility index (Phi) is 4.53. The van der Waals surface area contributed by atoms with Crippen molar-refractivity contribution >= 4 is 5.82 Å². The summed E-state index contributed by atoms with van der Waals surface area (Å²) >= 11 is 0. The van der Waals surface area contributed by atoms with Crippen molar-refractivity contribution in [3.63, 3.8) is 0 Å². The highest BCUT2D eigenvalue weighted by Gasteiger charge is 2.28. The zero-order valence-corrected chi connectivity index (χ0v) is 15.0. The van der Waals surface area contributed by atoms with E-state index in [-0.39, 0.29) is 0 Å². The lowest BCUT2D eigenvalue weighted by Gasteiger charge is -2.35. The first-order valence-corrected chi connectivity index (χ1v) is 9.04. The van der Waals surface area contributed by atoms with Gasteiger partial charge in [0.2, 0.25) is 5.88 Å². The molecule has 3 heterocycles. The Morgan fingerprint density at radius 1 is 1.08 bits per heavy atom. The Balaban J connectivity index is 1.38. The average molecular weight is 339 g/mol. The molecule has 132 valence electrons. The summed E-state index contributed by atoms with van der Waals surface area (Å²) in [5, 5.41) is 0. The van der Waals surface area contributed by atoms with E-state index in [2.05, 4.69) is 38.8 Å². The Morgan fingerprint density at radius 3 is 2.60 bits per heavy atom. The number of anilines is 1. The highest BCUT2D eigenvalue weighted by atomic mass is 16.5. The molecule has 1 aliphatic heterocycles. The Labute approximate surface area is 148 Å². The summed E-state index contributed by atoms with van der Waals surface area (Å²) in [5.41, 5.74) is 2.14. The van der Waals surface area contributed by atoms with Crippen molar-refractivity contribution in [2.75, 3.05) is 38.2 Å². The smallest absolute Gasteiger partial charge is 0.213 e. The van der Waals surface area contributed by atoms with Gasteiger partial charge in [0, 0.05) is 56.5 Å². The number of pyridine rings is 1. The van der Waals surface area contributed by atoms with E-state index in [9.17, 15) is 0 Å². The maximum absolute atomic E-state index is 5.21. The molecule has 0 N–H and O–H groups in total. The van der Waals surface area contributed by atoms with Crippen molar-refractivity contribution in [3.8, 4) is 5.88 Å². The molecular formula is C19H25N5O. The van der Waals surface area contributed by atoms with Gasteiger partial charge in [0.05, 0.1) is 12.8 Å². The minimum atomic E-state index is 0.596. The van der Waals surface area contributed by atoms with Crippen molar-refractivity contribution in [2.45, 2.75) is 32.2 Å². The van der Waals surface area contributed by atoms with Gasteiger partial charge in [0.1, 0.15) is 11.6 Å². The van der Waals surface area contributed by atoms with Crippen LogP contribution in [0.1, 0.15) is 36.0 Å². The monoisotopic (exact) mass is 339 g/mol. The molecule has 0 spiro atoms. The first-order chi connectivity index (χ1) is 12.2. The Bertz CT molecular complexity index is 738. The second-order valence-corrected chi connectivity index (χ2v) is 6.93. The molecule has 1 saturated carbocycles. The highest BCUT2D eigenvalue weighted by Crippen LogP contribution is 2.38. The van der Waals surface area contributed by atoms with Crippen LogP contribution >= 0.6 is 0 Å². The van der Waals surface area contributed by atoms with E-state index in [4.69, 9.17) is 9.72 Å². The molecule has 2 aromatic heterocycles. The van der Waals surface area contributed by atoms with Crippen LogP contribution in [0.5, 0.6) is 5.88 Å². The molecule has 4 rings (SSSR count). The molecule has 0 atom stereocenters. The largest absolute Gasteiger partial charge is 0.481 e. The summed E-state index contributed by atoms with van der Waals surface area (Å²) in [6.45, 7) is 6.94. The molecule has 2 aliphatic rings. The molecule has 25 heavy (non-hydrogen) atoms. The molecule has 0 unspecified atom stereocenters. The third kappa shape index (κ3) is 3.90. The molecule has 6 heteroatoms. The quantitative estimate of drug-likeness (QED) is 0.834. The molecule has 0 aromatic carbocycles. The van der Waals surface area contributed by atoms with Gasteiger partial charge in [-0.1, -0.05) is 6.07 Å². The summed E-state index contributed by atoms with van der Waals surface area (Å²) in [6, 6.07) is 8.06. The molecule has 2 aromatic rings. The van der Waals surface area contributed by atoms with E-state index in [1.807, 2.05) is 12.1 Å². The van der Waals surface area contributed by atoms with Gasteiger partial charge in [-0.3, -0.25) is 4.90 Å². The van der Waals surface area contributed by atoms with E-state index in [0.29, 0.717) is 11.8 Å². The number of methoxy groups -OCH3 is 1. The van der Waals surface area contributed by atoms with Gasteiger partial charge in [0.15, 0.2) is 0 Å². The Hall–Kier alpha value is -2.21. The Morgan fingerprint density at radius 2 is 1.88 bits per heavy atom. The predicted molar refractivity (Wildman–Crippen MR) is 97.0 cm³/mol. The van der Waals surface area contributed by atoms with Crippen LogP contribution in [0.2, 0.25) is 0 Å². The number of rotatable bonds is 5. The first kappa shape index (κ1) is 16.3. The lowest BCUT2D eigenvalue weighted by atomic mass is 10.2. The lowest BCUT2D eigenvalue weighted by molar-refractivity contribution is 0.245. The van der Waals surface area contributed by atoms with Crippen LogP contribution in [-0.2, 0) is 6.54 Å². The van der Waals surface area contributed by atoms with Crippen LogP contribution in [0.15, 0.2) is 24.3 Å². The van der Waals surface area contributed by atoms with E-state index >= 15 is 0 Å². The van der Waals surface area contributed by atoms with Crippen molar-refractivity contribution in [2.24, 2.45) is 0 Å². The van der Waals surface area contributed by atoms with E-state index in [1.165, 1.54) is 12.8 Å². The maximum atomic E-state index is 5.21. The fourth-order valence-corrected chi connectivity index (χ4v) is 3.28. The number of piperazine rings is 1. The molecule has 0 bridgehead atoms. The summed E-state index contributed by atoms with van der Waals surface area (Å²) in [7, 11) is 1.66. The number of aryl methyl sites for hydroxylation is 1. The molecule has 1 aliphatic carbocycles. The molecule has 0 amide bonds. The number of nitrogens with zero attached hydrogens (tertiary/aromatic N) is 5. The van der Waals surface area contributed by atoms with Gasteiger partial charge < -0.3 is 9.64 Å². The standard InChI is InChI=1S/C19H25N5O/c1-14-12-17(22-19(20-14)15-6-7-15)24-10-8-23(9-11-24)13-16-4-3-5-18(21-16)25-2/h3-5,12,15H,6-11,13H2,1-2H3. The number of hydrogen-bond acceptors (Lipinski definition) is 6. The topological polar surface area (TPSA) is 54.4 Å². The van der Waals surface area contributed by atoms with E-state index in [1.54, 1.807) is 7.11 Å². The predicted octanol–water partition coefficient (Wildman–Crippen LogP) is 2.39. The summed E-state index contributed by atoms with van der Waals surface area (Å²) < 4.78 is 5.21. The SMILES string of the molecule is COc1cccc(CN2CCN(c3cc(C)nc(C4CC4)n3)CC2)n1. The minimum Gasteiger partial charge on any atom is -0.481 e. The molecular weight excluding hydrogens is 314 g/mol. The average Bonchev–Trinajstić information content (AvgIpc) is 3.47. The summed E-state index contributed by atoms with van der Waals surface area (Å²) in [5.74, 6) is 3.41. The van der Waals surface area contributed by atoms with Crippen LogP contribution in [0, 0.1) is 6.92 Å². The van der Waals surface area contributed by atoms with E-state index in [0.717, 1.165) is 55.8 Å². The van der Waals surface area contributed by atoms with Crippen LogP contribution in [0.4, 0.5) is 5.82 Å². The van der Waals surface area contributed by atoms with Gasteiger partial charge in [-0.2, -0.15) is 0 Å². The van der Waals surface area contributed by atoms with Gasteiger partial charge in [0.25, 0.3) is 0 Å². The fourth-order valence-electron chi connectivity index (χ4n) is 3.28. The maximum Gasteiger partial charge on any atom is 0.213 e. The van der Waals surface area contributed by atoms with Crippen LogP contribution in [-0.4, -0.2) is 53.1 Å². The van der Waals surface area contributed by atoms with Crippen LogP contribution in [0.25, 0.3) is 0 Å². The number of hydrogen-bond donors (Lipinski definition) is 0. The van der Waals surface area contributed by atoms with Crippen molar-refractivity contribution in [1.82, 2.24) is 19.9 Å². The third-order valence-corrected chi connectivity index (χ3v) is 4.87. The fraction of sp³-hybridized carbons (Fsp3) is 0.526. The minimum absolute atomic E-state index is 0.596. The van der Waals surface area contributed by atoms with Gasteiger partial charge in [-0.25, -0.2) is 15.0 Å². The van der Waals surface area contributed by atoms with Gasteiger partial charge in [-0.15, -0.1) is 0 Å². The normalized spacial score (nSPS) is 18.4. The summed E-state index contributed by atoms with van der Waals surface area (Å²) in [4.78, 5) is 18.8. The molecule has 2 fully saturated rings. The third-order valence-electron chi connectivity index (χ3n) is 4.87. The van der Waals surface area contributed by atoms with Gasteiger partial charge in [-0.05, 0) is 25.8 Å². The van der Waals surface area contributed by atoms with Crippen molar-refractivity contribution < 1.29 is 4.74 Å². The van der Waals surface area contributed by atoms with Crippen molar-refractivity contribution in [3.05, 3.63) is 41.5 Å². The lowest BCUT2D eigenvalue weighted by Crippen LogP contribution is -2.46. The molecule has 6 nitrogen and oxygen atoms in total. The number of aromatic nitrogens is 3. The zero-order valence-electron chi connectivity index (χ0n) is 15.0. The number of ether oxygens (including phenoxy) is 1. The highest BCUT2D eigenvalue weighted by molar-refractivity contribution is 5.41. The second-order valence-electron chi connectivity index (χ2n) is 6.93. The van der Waals surface area contributed by atoms with Crippen LogP contribution < -0.4 is 9.64 Å². The second kappa shape index (κ2) is 6.96. The zero-order chi connectivity index (χ0) is 17.2.